The van der Waals surface area contributed by atoms with Gasteiger partial charge in [-0.05, 0) is 24.8 Å². The van der Waals surface area contributed by atoms with Gasteiger partial charge in [-0.1, -0.05) is 37.1 Å². The van der Waals surface area contributed by atoms with E-state index in [2.05, 4.69) is 11.4 Å². The smallest absolute Gasteiger partial charge is 0.256 e. The first-order valence-corrected chi connectivity index (χ1v) is 5.97. The van der Waals surface area contributed by atoms with Gasteiger partial charge in [-0.2, -0.15) is 0 Å². The van der Waals surface area contributed by atoms with E-state index in [-0.39, 0.29) is 5.91 Å². The van der Waals surface area contributed by atoms with Gasteiger partial charge in [-0.3, -0.25) is 4.79 Å². The van der Waals surface area contributed by atoms with Crippen molar-refractivity contribution in [1.29, 1.82) is 0 Å². The second kappa shape index (κ2) is 3.78. The molecule has 0 saturated heterocycles. The summed E-state index contributed by atoms with van der Waals surface area (Å²) in [6, 6.07) is 7.81. The Kier molecular flexibility index (Phi) is 2.28. The van der Waals surface area contributed by atoms with Crippen LogP contribution in [-0.2, 0) is 0 Å². The maximum absolute atomic E-state index is 11.7. The molecule has 3 rings (SSSR count). The number of hydrogen-bond acceptors (Lipinski definition) is 1. The first-order valence-electron chi connectivity index (χ1n) is 5.97. The number of amides is 1. The van der Waals surface area contributed by atoms with Crippen molar-refractivity contribution in [2.24, 2.45) is 5.92 Å². The molecule has 82 valence electrons. The van der Waals surface area contributed by atoms with Crippen LogP contribution in [0.5, 0.6) is 0 Å². The fourth-order valence-corrected chi connectivity index (χ4v) is 2.66. The van der Waals surface area contributed by atoms with E-state index in [0.29, 0.717) is 5.92 Å². The molecule has 1 N–H and O–H groups in total. The number of carbonyl (C=O) groups excluding carboxylic acids is 1. The number of rotatable bonds is 1. The highest BCUT2D eigenvalue weighted by Crippen LogP contribution is 2.31. The Morgan fingerprint density at radius 2 is 1.81 bits per heavy atom. The van der Waals surface area contributed by atoms with Crippen LogP contribution in [0.25, 0.3) is 5.70 Å². The van der Waals surface area contributed by atoms with Crippen LogP contribution in [0.4, 0.5) is 0 Å². The second-order valence-corrected chi connectivity index (χ2v) is 4.62. The lowest BCUT2D eigenvalue weighted by molar-refractivity contribution is 0.0981. The van der Waals surface area contributed by atoms with Gasteiger partial charge in [0.1, 0.15) is 0 Å². The zero-order chi connectivity index (χ0) is 11.0. The highest BCUT2D eigenvalue weighted by molar-refractivity contribution is 6.09. The molecule has 0 unspecified atom stereocenters. The van der Waals surface area contributed by atoms with Crippen molar-refractivity contribution in [3.05, 3.63) is 41.5 Å². The van der Waals surface area contributed by atoms with Gasteiger partial charge in [-0.15, -0.1) is 0 Å². The van der Waals surface area contributed by atoms with Crippen molar-refractivity contribution in [2.45, 2.75) is 25.7 Å². The summed E-state index contributed by atoms with van der Waals surface area (Å²) in [5.74, 6) is 0.696. The van der Waals surface area contributed by atoms with E-state index in [9.17, 15) is 4.79 Å². The summed E-state index contributed by atoms with van der Waals surface area (Å²) in [7, 11) is 0. The van der Waals surface area contributed by atoms with Gasteiger partial charge in [-0.25, -0.2) is 0 Å². The average Bonchev–Trinajstić information content (AvgIpc) is 2.90. The Labute approximate surface area is 95.4 Å². The average molecular weight is 213 g/mol. The molecule has 2 heteroatoms. The molecule has 16 heavy (non-hydrogen) atoms. The molecular weight excluding hydrogens is 198 g/mol. The molecule has 1 aromatic rings. The van der Waals surface area contributed by atoms with Crippen molar-refractivity contribution < 1.29 is 4.79 Å². The molecule has 0 spiro atoms. The van der Waals surface area contributed by atoms with Crippen LogP contribution >= 0.6 is 0 Å². The van der Waals surface area contributed by atoms with E-state index in [1.54, 1.807) is 0 Å². The third kappa shape index (κ3) is 1.54. The standard InChI is InChI=1S/C14H15NO/c16-14-12-8-4-3-7-11(12)13(15-14)9-10-5-1-2-6-10/h3-4,7-10H,1-2,5-6H2,(H,15,16)/b13-9+. The maximum atomic E-state index is 11.7. The molecule has 1 aliphatic heterocycles. The van der Waals surface area contributed by atoms with Crippen molar-refractivity contribution in [2.75, 3.05) is 0 Å². The number of hydrogen-bond donors (Lipinski definition) is 1. The number of allylic oxidation sites excluding steroid dienone is 1. The summed E-state index contributed by atoms with van der Waals surface area (Å²) in [6.45, 7) is 0. The molecular formula is C14H15NO. The monoisotopic (exact) mass is 213 g/mol. The van der Waals surface area contributed by atoms with E-state index in [1.165, 1.54) is 25.7 Å². The molecule has 1 saturated carbocycles. The zero-order valence-corrected chi connectivity index (χ0v) is 9.20. The first-order chi connectivity index (χ1) is 7.84. The Bertz CT molecular complexity index is 456. The van der Waals surface area contributed by atoms with Crippen LogP contribution in [-0.4, -0.2) is 5.91 Å². The van der Waals surface area contributed by atoms with Crippen LogP contribution in [0.2, 0.25) is 0 Å². The fraction of sp³-hybridized carbons (Fsp3) is 0.357. The van der Waals surface area contributed by atoms with Crippen molar-refractivity contribution >= 4 is 11.6 Å². The van der Waals surface area contributed by atoms with Crippen molar-refractivity contribution in [3.8, 4) is 0 Å². The molecule has 0 atom stereocenters. The normalized spacial score (nSPS) is 22.5. The lowest BCUT2D eigenvalue weighted by Gasteiger charge is -2.05. The van der Waals surface area contributed by atoms with Crippen LogP contribution in [0.3, 0.4) is 0 Å². The Balaban J connectivity index is 1.96. The Morgan fingerprint density at radius 3 is 2.56 bits per heavy atom. The van der Waals surface area contributed by atoms with Gasteiger partial charge < -0.3 is 5.32 Å². The van der Waals surface area contributed by atoms with E-state index in [4.69, 9.17) is 0 Å². The molecule has 1 aromatic carbocycles. The number of nitrogens with one attached hydrogen (secondary N) is 1. The third-order valence-electron chi connectivity index (χ3n) is 3.51. The van der Waals surface area contributed by atoms with E-state index in [1.807, 2.05) is 24.3 Å². The second-order valence-electron chi connectivity index (χ2n) is 4.62. The van der Waals surface area contributed by atoms with Gasteiger partial charge in [0, 0.05) is 16.8 Å². The summed E-state index contributed by atoms with van der Waals surface area (Å²) < 4.78 is 0. The van der Waals surface area contributed by atoms with Gasteiger partial charge in [0.05, 0.1) is 0 Å². The molecule has 1 fully saturated rings. The van der Waals surface area contributed by atoms with E-state index in [0.717, 1.165) is 16.8 Å². The molecule has 0 radical (unpaired) electrons. The number of carbonyl (C=O) groups is 1. The summed E-state index contributed by atoms with van der Waals surface area (Å²) in [6.07, 6.45) is 7.42. The Hall–Kier alpha value is -1.57. The summed E-state index contributed by atoms with van der Waals surface area (Å²) >= 11 is 0. The molecule has 2 nitrogen and oxygen atoms in total. The third-order valence-corrected chi connectivity index (χ3v) is 3.51. The molecule has 0 bridgehead atoms. The van der Waals surface area contributed by atoms with Crippen LogP contribution in [0.1, 0.15) is 41.6 Å². The van der Waals surface area contributed by atoms with E-state index >= 15 is 0 Å². The molecule has 1 amide bonds. The Morgan fingerprint density at radius 1 is 1.12 bits per heavy atom. The van der Waals surface area contributed by atoms with Gasteiger partial charge in [0.25, 0.3) is 5.91 Å². The number of fused-ring (bicyclic) bond motifs is 1. The maximum Gasteiger partial charge on any atom is 0.256 e. The predicted molar refractivity (Wildman–Crippen MR) is 63.8 cm³/mol. The topological polar surface area (TPSA) is 29.1 Å². The predicted octanol–water partition coefficient (Wildman–Crippen LogP) is 2.96. The molecule has 1 aliphatic carbocycles. The summed E-state index contributed by atoms with van der Waals surface area (Å²) in [5.41, 5.74) is 2.90. The van der Waals surface area contributed by atoms with Crippen LogP contribution < -0.4 is 5.32 Å². The SMILES string of the molecule is O=C1N/C(=C/C2CCCC2)c2ccccc21. The molecule has 1 heterocycles. The fourth-order valence-electron chi connectivity index (χ4n) is 2.66. The molecule has 2 aliphatic rings. The van der Waals surface area contributed by atoms with Crippen molar-refractivity contribution in [1.82, 2.24) is 5.32 Å². The van der Waals surface area contributed by atoms with E-state index < -0.39 is 0 Å². The minimum atomic E-state index is 0.0415. The van der Waals surface area contributed by atoms with Crippen LogP contribution in [0.15, 0.2) is 30.3 Å². The summed E-state index contributed by atoms with van der Waals surface area (Å²) in [5, 5.41) is 2.97. The lowest BCUT2D eigenvalue weighted by atomic mass is 10.0. The first kappa shape index (κ1) is 9.64. The van der Waals surface area contributed by atoms with Crippen molar-refractivity contribution in [3.63, 3.8) is 0 Å². The van der Waals surface area contributed by atoms with Gasteiger partial charge in [0.15, 0.2) is 0 Å². The van der Waals surface area contributed by atoms with Crippen LogP contribution in [0, 0.1) is 5.92 Å². The zero-order valence-electron chi connectivity index (χ0n) is 9.20. The van der Waals surface area contributed by atoms with Gasteiger partial charge in [0.2, 0.25) is 0 Å². The summed E-state index contributed by atoms with van der Waals surface area (Å²) in [4.78, 5) is 11.7. The highest BCUT2D eigenvalue weighted by atomic mass is 16.1. The minimum absolute atomic E-state index is 0.0415. The minimum Gasteiger partial charge on any atom is -0.322 e. The quantitative estimate of drug-likeness (QED) is 0.763. The van der Waals surface area contributed by atoms with Gasteiger partial charge >= 0.3 is 0 Å². The number of benzene rings is 1. The highest BCUT2D eigenvalue weighted by Gasteiger charge is 2.24. The molecule has 0 aromatic heterocycles. The lowest BCUT2D eigenvalue weighted by Crippen LogP contribution is -2.12. The largest absolute Gasteiger partial charge is 0.322 e.